The molecule has 0 spiro atoms. The molecule has 0 amide bonds. The van der Waals surface area contributed by atoms with E-state index in [9.17, 15) is 9.59 Å². The number of nitriles is 2. The van der Waals surface area contributed by atoms with Crippen LogP contribution in [0.2, 0.25) is 19.6 Å². The number of hydrogen-bond donors (Lipinski definition) is 0. The smallest absolute Gasteiger partial charge is 0.337 e. The molecule has 0 saturated heterocycles. The predicted octanol–water partition coefficient (Wildman–Crippen LogP) is 4.54. The molecular formula is C25H25IN2O6Si. The van der Waals surface area contributed by atoms with Gasteiger partial charge in [0.1, 0.15) is 26.0 Å². The summed E-state index contributed by atoms with van der Waals surface area (Å²) < 4.78 is 20.2. The third-order valence-electron chi connectivity index (χ3n) is 4.20. The fourth-order valence-corrected chi connectivity index (χ4v) is 3.99. The molecule has 10 heteroatoms. The van der Waals surface area contributed by atoms with Crippen molar-refractivity contribution in [2.24, 2.45) is 0 Å². The number of rotatable bonds is 4. The Morgan fingerprint density at radius 3 is 1.60 bits per heavy atom. The van der Waals surface area contributed by atoms with Gasteiger partial charge in [-0.2, -0.15) is 10.5 Å². The summed E-state index contributed by atoms with van der Waals surface area (Å²) in [5, 5.41) is 18.0. The van der Waals surface area contributed by atoms with Crippen LogP contribution in [-0.2, 0) is 9.47 Å². The summed E-state index contributed by atoms with van der Waals surface area (Å²) in [7, 11) is 3.98. The van der Waals surface area contributed by atoms with E-state index in [1.807, 2.05) is 34.7 Å². The molecule has 0 saturated carbocycles. The minimum Gasteiger partial charge on any atom is -0.494 e. The average molecular weight is 604 g/mol. The SMILES string of the molecule is COC(=O)c1cc(C#N)c(OC)c(C#C[Si](C)(C)C)c1.COC(=O)c1cc(I)c(OC)c(C#N)c1. The van der Waals surface area contributed by atoms with Crippen LogP contribution in [0, 0.1) is 37.7 Å². The first-order valence-corrected chi connectivity index (χ1v) is 14.6. The van der Waals surface area contributed by atoms with Gasteiger partial charge >= 0.3 is 11.9 Å². The molecule has 8 nitrogen and oxygen atoms in total. The molecule has 0 unspecified atom stereocenters. The molecule has 0 heterocycles. The Morgan fingerprint density at radius 2 is 1.20 bits per heavy atom. The van der Waals surface area contributed by atoms with Gasteiger partial charge in [-0.05, 0) is 46.9 Å². The second kappa shape index (κ2) is 13.4. The summed E-state index contributed by atoms with van der Waals surface area (Å²) in [6, 6.07) is 10.1. The van der Waals surface area contributed by atoms with Gasteiger partial charge in [-0.15, -0.1) is 5.54 Å². The summed E-state index contributed by atoms with van der Waals surface area (Å²) in [4.78, 5) is 22.9. The maximum atomic E-state index is 11.6. The number of hydrogen-bond acceptors (Lipinski definition) is 8. The first kappa shape index (κ1) is 29.5. The number of nitrogens with zero attached hydrogens (tertiary/aromatic N) is 2. The van der Waals surface area contributed by atoms with Gasteiger partial charge in [0.2, 0.25) is 0 Å². The normalized spacial score (nSPS) is 9.66. The van der Waals surface area contributed by atoms with Gasteiger partial charge in [-0.25, -0.2) is 9.59 Å². The average Bonchev–Trinajstić information content (AvgIpc) is 2.84. The van der Waals surface area contributed by atoms with Gasteiger partial charge in [0.15, 0.2) is 5.75 Å². The lowest BCUT2D eigenvalue weighted by atomic mass is 10.0. The second-order valence-corrected chi connectivity index (χ2v) is 13.8. The standard InChI is InChI=1S/C15H17NO3Si.C10H8INO3/c1-18-14-11(6-7-20(3,4)5)8-12(15(17)19-2)9-13(14)10-16;1-14-9-7(5-12)3-6(4-8(9)11)10(13)15-2/h8-9H,1-5H3;3-4H,1-2H3. The lowest BCUT2D eigenvalue weighted by molar-refractivity contribution is 0.0591. The van der Waals surface area contributed by atoms with E-state index in [1.165, 1.54) is 40.6 Å². The molecule has 0 aliphatic carbocycles. The van der Waals surface area contributed by atoms with Crippen LogP contribution in [0.15, 0.2) is 24.3 Å². The van der Waals surface area contributed by atoms with Crippen LogP contribution in [0.25, 0.3) is 0 Å². The molecule has 0 bridgehead atoms. The van der Waals surface area contributed by atoms with E-state index in [0.29, 0.717) is 37.3 Å². The van der Waals surface area contributed by atoms with E-state index in [2.05, 4.69) is 40.6 Å². The molecule has 2 rings (SSSR count). The molecule has 0 radical (unpaired) electrons. The molecule has 0 aliphatic rings. The van der Waals surface area contributed by atoms with E-state index in [1.54, 1.807) is 12.1 Å². The predicted molar refractivity (Wildman–Crippen MR) is 141 cm³/mol. The molecule has 0 fully saturated rings. The first-order chi connectivity index (χ1) is 16.5. The Bertz CT molecular complexity index is 1260. The summed E-state index contributed by atoms with van der Waals surface area (Å²) >= 11 is 2.00. The molecule has 2 aromatic carbocycles. The maximum absolute atomic E-state index is 11.6. The molecular weight excluding hydrogens is 579 g/mol. The lowest BCUT2D eigenvalue weighted by Crippen LogP contribution is -2.16. The minimum absolute atomic E-state index is 0.273. The first-order valence-electron chi connectivity index (χ1n) is 10.1. The molecule has 35 heavy (non-hydrogen) atoms. The number of ether oxygens (including phenoxy) is 4. The van der Waals surface area contributed by atoms with E-state index >= 15 is 0 Å². The molecule has 0 aromatic heterocycles. The molecule has 0 N–H and O–H groups in total. The summed E-state index contributed by atoms with van der Waals surface area (Å²) in [5.41, 5.74) is 4.97. The van der Waals surface area contributed by atoms with Crippen molar-refractivity contribution in [2.45, 2.75) is 19.6 Å². The van der Waals surface area contributed by atoms with Gasteiger partial charge in [0.25, 0.3) is 0 Å². The molecule has 2 aromatic rings. The quantitative estimate of drug-likeness (QED) is 0.216. The van der Waals surface area contributed by atoms with Gasteiger partial charge in [0, 0.05) is 0 Å². The minimum atomic E-state index is -1.57. The van der Waals surface area contributed by atoms with Gasteiger partial charge in [-0.3, -0.25) is 0 Å². The Kier molecular flexibility index (Phi) is 11.3. The van der Waals surface area contributed by atoms with Crippen molar-refractivity contribution in [1.29, 1.82) is 10.5 Å². The highest BCUT2D eigenvalue weighted by molar-refractivity contribution is 14.1. The van der Waals surface area contributed by atoms with Crippen LogP contribution >= 0.6 is 22.6 Å². The van der Waals surface area contributed by atoms with Crippen molar-refractivity contribution in [2.75, 3.05) is 28.4 Å². The van der Waals surface area contributed by atoms with E-state index in [4.69, 9.17) is 20.0 Å². The van der Waals surface area contributed by atoms with Crippen LogP contribution in [-0.4, -0.2) is 48.5 Å². The largest absolute Gasteiger partial charge is 0.494 e. The van der Waals surface area contributed by atoms with E-state index in [0.717, 1.165) is 0 Å². The zero-order chi connectivity index (χ0) is 26.8. The van der Waals surface area contributed by atoms with Crippen LogP contribution in [0.4, 0.5) is 0 Å². The van der Waals surface area contributed by atoms with Crippen molar-refractivity contribution in [3.8, 4) is 35.1 Å². The number of benzene rings is 2. The lowest BCUT2D eigenvalue weighted by Gasteiger charge is -2.09. The Hall–Kier alpha value is -3.53. The Balaban J connectivity index is 0.000000365. The van der Waals surface area contributed by atoms with Crippen molar-refractivity contribution in [1.82, 2.24) is 0 Å². The number of methoxy groups -OCH3 is 4. The third-order valence-corrected chi connectivity index (χ3v) is 5.87. The van der Waals surface area contributed by atoms with Crippen molar-refractivity contribution >= 4 is 42.6 Å². The number of carbonyl (C=O) groups excluding carboxylic acids is 2. The Morgan fingerprint density at radius 1 is 0.771 bits per heavy atom. The topological polar surface area (TPSA) is 119 Å². The summed E-state index contributed by atoms with van der Waals surface area (Å²) in [6.07, 6.45) is 0. The summed E-state index contributed by atoms with van der Waals surface area (Å²) in [6.45, 7) is 6.34. The second-order valence-electron chi connectivity index (χ2n) is 7.85. The fourth-order valence-electron chi connectivity index (χ4n) is 2.63. The molecule has 182 valence electrons. The highest BCUT2D eigenvalue weighted by Crippen LogP contribution is 2.27. The fraction of sp³-hybridized carbons (Fsp3) is 0.280. The van der Waals surface area contributed by atoms with Crippen LogP contribution in [0.5, 0.6) is 11.5 Å². The van der Waals surface area contributed by atoms with Crippen molar-refractivity contribution in [3.63, 3.8) is 0 Å². The molecule has 0 atom stereocenters. The zero-order valence-electron chi connectivity index (χ0n) is 20.5. The summed E-state index contributed by atoms with van der Waals surface area (Å²) in [5.74, 6) is 2.93. The highest BCUT2D eigenvalue weighted by Gasteiger charge is 2.16. The van der Waals surface area contributed by atoms with Crippen LogP contribution in [0.3, 0.4) is 0 Å². The number of carbonyl (C=O) groups is 2. The van der Waals surface area contributed by atoms with Gasteiger partial charge < -0.3 is 18.9 Å². The van der Waals surface area contributed by atoms with Gasteiger partial charge in [0.05, 0.1) is 59.8 Å². The Labute approximate surface area is 219 Å². The zero-order valence-corrected chi connectivity index (χ0v) is 23.7. The third kappa shape index (κ3) is 8.32. The van der Waals surface area contributed by atoms with Crippen LogP contribution in [0.1, 0.15) is 37.4 Å². The van der Waals surface area contributed by atoms with E-state index < -0.39 is 20.0 Å². The van der Waals surface area contributed by atoms with Gasteiger partial charge in [-0.1, -0.05) is 25.6 Å². The van der Waals surface area contributed by atoms with Crippen molar-refractivity contribution < 1.29 is 28.5 Å². The highest BCUT2D eigenvalue weighted by atomic mass is 127. The number of halogens is 1. The maximum Gasteiger partial charge on any atom is 0.337 e. The monoisotopic (exact) mass is 604 g/mol. The van der Waals surface area contributed by atoms with Crippen LogP contribution < -0.4 is 9.47 Å². The molecule has 0 aliphatic heterocycles. The number of esters is 2. The van der Waals surface area contributed by atoms with E-state index in [-0.39, 0.29) is 5.56 Å². The van der Waals surface area contributed by atoms with Crippen molar-refractivity contribution in [3.05, 3.63) is 55.7 Å².